The molecular formula is C29H27ClN2O6. The molecule has 38 heavy (non-hydrogen) atoms. The number of halogens is 1. The molecule has 2 fully saturated rings. The lowest BCUT2D eigenvalue weighted by Crippen LogP contribution is -2.56. The number of carbonyl (C=O) groups excluding carboxylic acids is 3. The van der Waals surface area contributed by atoms with Gasteiger partial charge in [0.1, 0.15) is 24.2 Å². The lowest BCUT2D eigenvalue weighted by Gasteiger charge is -2.39. The second-order valence-electron chi connectivity index (χ2n) is 10.0. The number of carbonyl (C=O) groups is 3. The van der Waals surface area contributed by atoms with Crippen LogP contribution < -0.4 is 4.90 Å². The quantitative estimate of drug-likeness (QED) is 0.478. The monoisotopic (exact) mass is 534 g/mol. The number of likely N-dealkylation sites (tertiary alicyclic amines) is 1. The highest BCUT2D eigenvalue weighted by atomic mass is 35.5. The predicted octanol–water partition coefficient (Wildman–Crippen LogP) is 2.98. The Labute approximate surface area is 225 Å². The van der Waals surface area contributed by atoms with Crippen LogP contribution in [0.5, 0.6) is 0 Å². The summed E-state index contributed by atoms with van der Waals surface area (Å²) in [5.74, 6) is -3.30. The molecule has 0 radical (unpaired) electrons. The molecule has 4 aliphatic rings. The van der Waals surface area contributed by atoms with Gasteiger partial charge in [-0.3, -0.25) is 14.4 Å². The summed E-state index contributed by atoms with van der Waals surface area (Å²) in [7, 11) is 0. The minimum Gasteiger partial charge on any atom is -0.461 e. The number of hydrogen-bond acceptors (Lipinski definition) is 6. The molecule has 1 spiro atoms. The summed E-state index contributed by atoms with van der Waals surface area (Å²) in [6, 6.07) is 12.5. The van der Waals surface area contributed by atoms with Gasteiger partial charge >= 0.3 is 5.97 Å². The normalized spacial score (nSPS) is 30.9. The summed E-state index contributed by atoms with van der Waals surface area (Å²) in [6.45, 7) is 1.73. The van der Waals surface area contributed by atoms with E-state index in [0.717, 1.165) is 5.56 Å². The maximum atomic E-state index is 14.6. The molecule has 2 saturated heterocycles. The Kier molecular flexibility index (Phi) is 6.13. The molecule has 2 aromatic rings. The SMILES string of the molecule is Cc1cccc(Cl)c1N1CC=C[C@]23O[C@@H]4C=CCOC(=O)[C@@H]4[C@H]2C(=O)N([C@H](CO)c2ccccc2)C3C1=O. The molecule has 4 heterocycles. The summed E-state index contributed by atoms with van der Waals surface area (Å²) >= 11 is 6.58. The van der Waals surface area contributed by atoms with Gasteiger partial charge in [0.25, 0.3) is 5.91 Å². The van der Waals surface area contributed by atoms with Crippen LogP contribution in [0.25, 0.3) is 0 Å². The highest BCUT2D eigenvalue weighted by molar-refractivity contribution is 6.34. The van der Waals surface area contributed by atoms with Gasteiger partial charge in [-0.25, -0.2) is 0 Å². The molecule has 8 nitrogen and oxygen atoms in total. The summed E-state index contributed by atoms with van der Waals surface area (Å²) < 4.78 is 11.9. The van der Waals surface area contributed by atoms with Crippen molar-refractivity contribution in [3.63, 3.8) is 0 Å². The van der Waals surface area contributed by atoms with Gasteiger partial charge in [-0.1, -0.05) is 72.3 Å². The van der Waals surface area contributed by atoms with Gasteiger partial charge < -0.3 is 24.4 Å². The van der Waals surface area contributed by atoms with Crippen LogP contribution in [-0.4, -0.2) is 65.3 Å². The molecule has 4 aliphatic heterocycles. The van der Waals surface area contributed by atoms with Crippen molar-refractivity contribution in [3.8, 4) is 0 Å². The van der Waals surface area contributed by atoms with E-state index in [1.165, 1.54) is 4.90 Å². The smallest absolute Gasteiger partial charge is 0.313 e. The average molecular weight is 535 g/mol. The van der Waals surface area contributed by atoms with E-state index in [0.29, 0.717) is 16.3 Å². The first-order chi connectivity index (χ1) is 18.4. The van der Waals surface area contributed by atoms with Crippen molar-refractivity contribution >= 4 is 35.1 Å². The maximum absolute atomic E-state index is 14.6. The van der Waals surface area contributed by atoms with Crippen LogP contribution in [0.15, 0.2) is 72.8 Å². The number of amides is 2. The largest absolute Gasteiger partial charge is 0.461 e. The minimum absolute atomic E-state index is 0.0911. The van der Waals surface area contributed by atoms with Crippen molar-refractivity contribution in [1.29, 1.82) is 0 Å². The number of aliphatic hydroxyl groups is 1. The van der Waals surface area contributed by atoms with Gasteiger partial charge in [0.15, 0.2) is 0 Å². The van der Waals surface area contributed by atoms with Crippen LogP contribution in [0, 0.1) is 18.8 Å². The number of hydrogen-bond donors (Lipinski definition) is 1. The van der Waals surface area contributed by atoms with Crippen LogP contribution in [0.1, 0.15) is 17.2 Å². The van der Waals surface area contributed by atoms with E-state index in [1.54, 1.807) is 47.4 Å². The van der Waals surface area contributed by atoms with Gasteiger partial charge in [0, 0.05) is 6.54 Å². The van der Waals surface area contributed by atoms with Crippen molar-refractivity contribution in [3.05, 3.63) is 89.0 Å². The number of aliphatic hydroxyl groups excluding tert-OH is 1. The van der Waals surface area contributed by atoms with Crippen LogP contribution in [-0.2, 0) is 23.9 Å². The summed E-state index contributed by atoms with van der Waals surface area (Å²) in [5.41, 5.74) is 0.577. The summed E-state index contributed by atoms with van der Waals surface area (Å²) in [4.78, 5) is 45.0. The molecule has 1 N–H and O–H groups in total. The zero-order valence-electron chi connectivity index (χ0n) is 20.7. The van der Waals surface area contributed by atoms with Crippen LogP contribution in [0.4, 0.5) is 5.69 Å². The number of ether oxygens (including phenoxy) is 2. The molecule has 1 unspecified atom stereocenters. The van der Waals surface area contributed by atoms with E-state index in [9.17, 15) is 19.5 Å². The van der Waals surface area contributed by atoms with Crippen molar-refractivity contribution < 1.29 is 29.0 Å². The van der Waals surface area contributed by atoms with Crippen LogP contribution >= 0.6 is 11.6 Å². The van der Waals surface area contributed by atoms with Crippen molar-refractivity contribution in [1.82, 2.24) is 4.90 Å². The zero-order chi connectivity index (χ0) is 26.6. The van der Waals surface area contributed by atoms with E-state index in [1.807, 2.05) is 37.3 Å². The standard InChI is InChI=1S/C29H27ClN2O6/c1-17-8-5-11-19(30)24(17)31-14-7-13-29-23(22-21(38-29)12-6-15-37-28(22)36)26(34)32(25(29)27(31)35)20(16-33)18-9-3-2-4-10-18/h2-13,20-23,25,33H,14-16H2,1H3/t20-,21-,22+,23+,25?,29+/m1/s1. The number of benzene rings is 2. The number of cyclic esters (lactones) is 1. The molecule has 0 saturated carbocycles. The van der Waals surface area contributed by atoms with Crippen LogP contribution in [0.2, 0.25) is 5.02 Å². The predicted molar refractivity (Wildman–Crippen MR) is 139 cm³/mol. The molecule has 6 atom stereocenters. The number of aryl methyl sites for hydroxylation is 1. The topological polar surface area (TPSA) is 96.4 Å². The lowest BCUT2D eigenvalue weighted by atomic mass is 9.78. The van der Waals surface area contributed by atoms with E-state index in [2.05, 4.69) is 0 Å². The van der Waals surface area contributed by atoms with E-state index < -0.39 is 60.0 Å². The Hall–Kier alpha value is -3.46. The number of para-hydroxylation sites is 1. The Balaban J connectivity index is 1.54. The second-order valence-corrected chi connectivity index (χ2v) is 10.4. The van der Waals surface area contributed by atoms with E-state index in [-0.39, 0.29) is 13.2 Å². The number of esters is 1. The number of anilines is 1. The molecular weight excluding hydrogens is 508 g/mol. The molecule has 2 amide bonds. The zero-order valence-corrected chi connectivity index (χ0v) is 21.5. The first-order valence-corrected chi connectivity index (χ1v) is 13.0. The molecule has 0 aromatic heterocycles. The number of nitrogens with zero attached hydrogens (tertiary/aromatic N) is 2. The van der Waals surface area contributed by atoms with Gasteiger partial charge in [-0.2, -0.15) is 0 Å². The van der Waals surface area contributed by atoms with E-state index in [4.69, 9.17) is 21.1 Å². The van der Waals surface area contributed by atoms with Gasteiger partial charge in [0.2, 0.25) is 5.91 Å². The Morgan fingerprint density at radius 3 is 2.61 bits per heavy atom. The molecule has 9 heteroatoms. The van der Waals surface area contributed by atoms with Gasteiger partial charge in [-0.05, 0) is 30.2 Å². The second kappa shape index (κ2) is 9.38. The third-order valence-corrected chi connectivity index (χ3v) is 8.31. The number of fused-ring (bicyclic) bond motifs is 2. The van der Waals surface area contributed by atoms with E-state index >= 15 is 0 Å². The summed E-state index contributed by atoms with van der Waals surface area (Å²) in [5, 5.41) is 11.0. The fraction of sp³-hybridized carbons (Fsp3) is 0.345. The van der Waals surface area contributed by atoms with Crippen LogP contribution in [0.3, 0.4) is 0 Å². The van der Waals surface area contributed by atoms with Gasteiger partial charge in [-0.15, -0.1) is 0 Å². The third-order valence-electron chi connectivity index (χ3n) is 8.00. The fourth-order valence-corrected chi connectivity index (χ4v) is 6.76. The first kappa shape index (κ1) is 24.9. The Morgan fingerprint density at radius 1 is 1.08 bits per heavy atom. The highest BCUT2D eigenvalue weighted by Gasteiger charge is 2.72. The fourth-order valence-electron chi connectivity index (χ4n) is 6.44. The highest BCUT2D eigenvalue weighted by Crippen LogP contribution is 2.55. The molecule has 0 aliphatic carbocycles. The minimum atomic E-state index is -1.43. The first-order valence-electron chi connectivity index (χ1n) is 12.6. The van der Waals surface area contributed by atoms with Crippen molar-refractivity contribution in [2.75, 3.05) is 24.7 Å². The average Bonchev–Trinajstić information content (AvgIpc) is 3.21. The molecule has 0 bridgehead atoms. The summed E-state index contributed by atoms with van der Waals surface area (Å²) in [6.07, 6.45) is 6.25. The van der Waals surface area contributed by atoms with Crippen molar-refractivity contribution in [2.24, 2.45) is 11.8 Å². The van der Waals surface area contributed by atoms with Gasteiger partial charge in [0.05, 0.1) is 35.4 Å². The molecule has 2 aromatic carbocycles. The lowest BCUT2D eigenvalue weighted by molar-refractivity contribution is -0.153. The Bertz CT molecular complexity index is 1340. The maximum Gasteiger partial charge on any atom is 0.313 e. The number of rotatable bonds is 4. The molecule has 6 rings (SSSR count). The third kappa shape index (κ3) is 3.55. The molecule has 196 valence electrons. The van der Waals surface area contributed by atoms with Crippen molar-refractivity contribution in [2.45, 2.75) is 30.7 Å². The Morgan fingerprint density at radius 2 is 1.87 bits per heavy atom.